The van der Waals surface area contributed by atoms with Gasteiger partial charge < -0.3 is 10.5 Å². The maximum Gasteiger partial charge on any atom is 0.209 e. The summed E-state index contributed by atoms with van der Waals surface area (Å²) in [4.78, 5) is 0. The standard InChI is InChI=1S/C8H15N5OS/c9-3-4-13-8(10-11-12-13)15-7-1-5-14-6-2-7/h7H,1-6,9H2. The third-order valence-corrected chi connectivity index (χ3v) is 3.59. The van der Waals surface area contributed by atoms with Crippen molar-refractivity contribution < 1.29 is 4.74 Å². The summed E-state index contributed by atoms with van der Waals surface area (Å²) in [6, 6.07) is 0. The molecule has 0 aromatic carbocycles. The Labute approximate surface area is 92.5 Å². The summed E-state index contributed by atoms with van der Waals surface area (Å²) in [7, 11) is 0. The first-order valence-corrected chi connectivity index (χ1v) is 5.99. The molecule has 1 saturated heterocycles. The molecule has 0 bridgehead atoms. The van der Waals surface area contributed by atoms with Gasteiger partial charge in [0.25, 0.3) is 0 Å². The number of tetrazole rings is 1. The smallest absolute Gasteiger partial charge is 0.209 e. The molecule has 84 valence electrons. The highest BCUT2D eigenvalue weighted by Gasteiger charge is 2.18. The molecule has 1 aromatic heterocycles. The number of hydrogen-bond donors (Lipinski definition) is 1. The van der Waals surface area contributed by atoms with Crippen LogP contribution in [-0.2, 0) is 11.3 Å². The topological polar surface area (TPSA) is 78.9 Å². The summed E-state index contributed by atoms with van der Waals surface area (Å²) in [5, 5.41) is 13.0. The van der Waals surface area contributed by atoms with E-state index in [1.807, 2.05) is 0 Å². The van der Waals surface area contributed by atoms with Crippen molar-refractivity contribution in [1.29, 1.82) is 0 Å². The van der Waals surface area contributed by atoms with Crippen molar-refractivity contribution in [2.45, 2.75) is 29.8 Å². The molecule has 0 atom stereocenters. The molecule has 0 saturated carbocycles. The lowest BCUT2D eigenvalue weighted by atomic mass is 10.2. The molecule has 2 N–H and O–H groups in total. The second kappa shape index (κ2) is 5.43. The van der Waals surface area contributed by atoms with Crippen LogP contribution in [0, 0.1) is 0 Å². The minimum atomic E-state index is 0.562. The number of hydrogen-bond acceptors (Lipinski definition) is 6. The predicted octanol–water partition coefficient (Wildman–Crippen LogP) is -0.0971. The molecule has 2 heterocycles. The molecule has 0 spiro atoms. The van der Waals surface area contributed by atoms with Crippen LogP contribution in [0.5, 0.6) is 0 Å². The van der Waals surface area contributed by atoms with Gasteiger partial charge in [0, 0.05) is 25.0 Å². The molecule has 0 amide bonds. The van der Waals surface area contributed by atoms with Crippen LogP contribution in [0.15, 0.2) is 5.16 Å². The summed E-state index contributed by atoms with van der Waals surface area (Å²) in [6.07, 6.45) is 2.14. The first-order chi connectivity index (χ1) is 7.40. The molecule has 1 fully saturated rings. The Morgan fingerprint density at radius 1 is 1.47 bits per heavy atom. The van der Waals surface area contributed by atoms with Gasteiger partial charge in [-0.05, 0) is 23.3 Å². The fraction of sp³-hybridized carbons (Fsp3) is 0.875. The summed E-state index contributed by atoms with van der Waals surface area (Å²) in [5.74, 6) is 0. The molecule has 2 rings (SSSR count). The van der Waals surface area contributed by atoms with E-state index in [2.05, 4.69) is 15.5 Å². The monoisotopic (exact) mass is 229 g/mol. The van der Waals surface area contributed by atoms with Crippen LogP contribution < -0.4 is 5.73 Å². The Balaban J connectivity index is 1.93. The third kappa shape index (κ3) is 2.90. The van der Waals surface area contributed by atoms with Gasteiger partial charge in [-0.1, -0.05) is 11.8 Å². The largest absolute Gasteiger partial charge is 0.381 e. The Bertz CT molecular complexity index is 299. The molecule has 1 aliphatic heterocycles. The maximum atomic E-state index is 5.48. The van der Waals surface area contributed by atoms with Crippen LogP contribution in [-0.4, -0.2) is 45.2 Å². The van der Waals surface area contributed by atoms with E-state index in [1.165, 1.54) is 0 Å². The van der Waals surface area contributed by atoms with Crippen molar-refractivity contribution in [3.8, 4) is 0 Å². The molecule has 1 aromatic rings. The number of rotatable bonds is 4. The van der Waals surface area contributed by atoms with Gasteiger partial charge in [-0.3, -0.25) is 0 Å². The van der Waals surface area contributed by atoms with Gasteiger partial charge in [-0.15, -0.1) is 5.10 Å². The number of aromatic nitrogens is 4. The Morgan fingerprint density at radius 2 is 2.27 bits per heavy atom. The van der Waals surface area contributed by atoms with Gasteiger partial charge in [-0.25, -0.2) is 4.68 Å². The van der Waals surface area contributed by atoms with Crippen molar-refractivity contribution in [3.63, 3.8) is 0 Å². The number of ether oxygens (including phenoxy) is 1. The second-order valence-corrected chi connectivity index (χ2v) is 4.67. The quantitative estimate of drug-likeness (QED) is 0.777. The van der Waals surface area contributed by atoms with Gasteiger partial charge in [0.1, 0.15) is 0 Å². The van der Waals surface area contributed by atoms with Crippen molar-refractivity contribution in [1.82, 2.24) is 20.2 Å². The second-order valence-electron chi connectivity index (χ2n) is 3.40. The fourth-order valence-corrected chi connectivity index (χ4v) is 2.55. The van der Waals surface area contributed by atoms with Crippen molar-refractivity contribution in [2.75, 3.05) is 19.8 Å². The van der Waals surface area contributed by atoms with E-state index >= 15 is 0 Å². The highest BCUT2D eigenvalue weighted by Crippen LogP contribution is 2.27. The lowest BCUT2D eigenvalue weighted by Gasteiger charge is -2.20. The number of nitrogens with zero attached hydrogens (tertiary/aromatic N) is 4. The lowest BCUT2D eigenvalue weighted by molar-refractivity contribution is 0.0999. The molecule has 6 nitrogen and oxygen atoms in total. The van der Waals surface area contributed by atoms with Crippen LogP contribution in [0.2, 0.25) is 0 Å². The van der Waals surface area contributed by atoms with Crippen LogP contribution >= 0.6 is 11.8 Å². The number of nitrogens with two attached hydrogens (primary N) is 1. The van der Waals surface area contributed by atoms with E-state index in [0.29, 0.717) is 18.3 Å². The van der Waals surface area contributed by atoms with Crippen molar-refractivity contribution in [2.24, 2.45) is 5.73 Å². The van der Waals surface area contributed by atoms with Crippen LogP contribution in [0.4, 0.5) is 0 Å². The molecule has 0 unspecified atom stereocenters. The zero-order valence-corrected chi connectivity index (χ0v) is 9.32. The molecule has 0 aliphatic carbocycles. The van der Waals surface area contributed by atoms with Crippen LogP contribution in [0.25, 0.3) is 0 Å². The normalized spacial score (nSPS) is 18.2. The number of thioether (sulfide) groups is 1. The molecular formula is C8H15N5OS. The predicted molar refractivity (Wildman–Crippen MR) is 56.6 cm³/mol. The van der Waals surface area contributed by atoms with E-state index in [1.54, 1.807) is 16.4 Å². The third-order valence-electron chi connectivity index (χ3n) is 2.28. The van der Waals surface area contributed by atoms with Crippen molar-refractivity contribution >= 4 is 11.8 Å². The molecule has 7 heteroatoms. The highest BCUT2D eigenvalue weighted by atomic mass is 32.2. The van der Waals surface area contributed by atoms with E-state index < -0.39 is 0 Å². The highest BCUT2D eigenvalue weighted by molar-refractivity contribution is 7.99. The maximum absolute atomic E-state index is 5.48. The molecular weight excluding hydrogens is 214 g/mol. The Morgan fingerprint density at radius 3 is 3.00 bits per heavy atom. The first-order valence-electron chi connectivity index (χ1n) is 5.11. The van der Waals surface area contributed by atoms with Crippen LogP contribution in [0.3, 0.4) is 0 Å². The van der Waals surface area contributed by atoms with E-state index in [9.17, 15) is 0 Å². The lowest BCUT2D eigenvalue weighted by Crippen LogP contribution is -2.19. The Hall–Kier alpha value is -0.660. The van der Waals surface area contributed by atoms with Gasteiger partial charge in [0.05, 0.1) is 6.54 Å². The summed E-state index contributed by atoms with van der Waals surface area (Å²) in [6.45, 7) is 2.93. The minimum absolute atomic E-state index is 0.562. The minimum Gasteiger partial charge on any atom is -0.381 e. The summed E-state index contributed by atoms with van der Waals surface area (Å²) < 4.78 is 7.07. The van der Waals surface area contributed by atoms with Crippen molar-refractivity contribution in [3.05, 3.63) is 0 Å². The van der Waals surface area contributed by atoms with E-state index in [4.69, 9.17) is 10.5 Å². The average Bonchev–Trinajstić information content (AvgIpc) is 2.68. The molecule has 1 aliphatic rings. The van der Waals surface area contributed by atoms with E-state index in [0.717, 1.165) is 31.2 Å². The van der Waals surface area contributed by atoms with Gasteiger partial charge >= 0.3 is 0 Å². The fourth-order valence-electron chi connectivity index (χ4n) is 1.49. The zero-order chi connectivity index (χ0) is 10.5. The summed E-state index contributed by atoms with van der Waals surface area (Å²) in [5.41, 5.74) is 5.48. The van der Waals surface area contributed by atoms with Crippen LogP contribution in [0.1, 0.15) is 12.8 Å². The van der Waals surface area contributed by atoms with Gasteiger partial charge in [0.15, 0.2) is 0 Å². The van der Waals surface area contributed by atoms with Gasteiger partial charge in [0.2, 0.25) is 5.16 Å². The molecule has 15 heavy (non-hydrogen) atoms. The average molecular weight is 229 g/mol. The summed E-state index contributed by atoms with van der Waals surface area (Å²) >= 11 is 1.73. The van der Waals surface area contributed by atoms with Gasteiger partial charge in [-0.2, -0.15) is 0 Å². The Kier molecular flexibility index (Phi) is 3.93. The van der Waals surface area contributed by atoms with E-state index in [-0.39, 0.29) is 0 Å². The zero-order valence-electron chi connectivity index (χ0n) is 8.50. The first kappa shape index (κ1) is 10.8. The molecule has 0 radical (unpaired) electrons. The SMILES string of the molecule is NCCn1nnnc1SC1CCOCC1.